The minimum Gasteiger partial charge on any atom is -0.479 e. The lowest BCUT2D eigenvalue weighted by atomic mass is 10.1. The fourth-order valence-corrected chi connectivity index (χ4v) is 3.67. The lowest BCUT2D eigenvalue weighted by Gasteiger charge is -2.19. The molecule has 28 heavy (non-hydrogen) atoms. The highest BCUT2D eigenvalue weighted by Gasteiger charge is 2.29. The van der Waals surface area contributed by atoms with Gasteiger partial charge >= 0.3 is 11.9 Å². The Hall–Kier alpha value is -2.32. The average molecular weight is 430 g/mol. The number of benzene rings is 1. The molecular weight excluding hydrogens is 409 g/mol. The summed E-state index contributed by atoms with van der Waals surface area (Å²) in [6.45, 7) is 6.49. The van der Waals surface area contributed by atoms with Gasteiger partial charge in [0.25, 0.3) is 0 Å². The summed E-state index contributed by atoms with van der Waals surface area (Å²) >= 11 is 7.28. The Morgan fingerprint density at radius 1 is 1.29 bits per heavy atom. The van der Waals surface area contributed by atoms with Gasteiger partial charge in [0.1, 0.15) is 10.6 Å². The van der Waals surface area contributed by atoms with Crippen LogP contribution in [-0.4, -0.2) is 30.8 Å². The van der Waals surface area contributed by atoms with Crippen molar-refractivity contribution in [3.05, 3.63) is 33.9 Å². The van der Waals surface area contributed by atoms with Crippen molar-refractivity contribution in [2.24, 2.45) is 0 Å². The van der Waals surface area contributed by atoms with Crippen LogP contribution in [-0.2, 0) is 14.3 Å². The monoisotopic (exact) mass is 429 g/mol. The zero-order valence-electron chi connectivity index (χ0n) is 15.9. The van der Waals surface area contributed by atoms with Crippen molar-refractivity contribution in [2.75, 3.05) is 18.9 Å². The third-order valence-corrected chi connectivity index (χ3v) is 4.96. The number of hydrogen-bond donors (Lipinski definition) is 1. The molecule has 9 heteroatoms. The zero-order valence-corrected chi connectivity index (χ0v) is 17.5. The van der Waals surface area contributed by atoms with Gasteiger partial charge in [-0.05, 0) is 33.8 Å². The number of carbonyl (C=O) groups is 2. The second-order valence-electron chi connectivity index (χ2n) is 6.71. The summed E-state index contributed by atoms with van der Waals surface area (Å²) in [6, 6.07) is 4.46. The molecule has 0 saturated heterocycles. The zero-order chi connectivity index (χ0) is 21.1. The molecule has 152 valence electrons. The molecule has 2 rings (SSSR count). The minimum atomic E-state index is -0.769. The van der Waals surface area contributed by atoms with Crippen molar-refractivity contribution < 1.29 is 28.2 Å². The van der Waals surface area contributed by atoms with Gasteiger partial charge in [-0.3, -0.25) is 0 Å². The maximum Gasteiger partial charge on any atom is 0.352 e. The van der Waals surface area contributed by atoms with Crippen molar-refractivity contribution in [3.8, 4) is 16.2 Å². The van der Waals surface area contributed by atoms with E-state index in [0.717, 1.165) is 11.3 Å². The first-order valence-electron chi connectivity index (χ1n) is 8.43. The standard InChI is InChI=1S/C19H21ClFNO5S/c1-5-25-12(23)9-26-15-13(20)16(10-7-6-8-11(22)14(10)21)28-17(15)18(24)27-19(2,3)4/h6-8H,5,9,22H2,1-4H3. The van der Waals surface area contributed by atoms with Crippen LogP contribution in [0.2, 0.25) is 5.02 Å². The number of esters is 2. The third kappa shape index (κ3) is 5.14. The number of rotatable bonds is 6. The number of anilines is 1. The van der Waals surface area contributed by atoms with E-state index in [4.69, 9.17) is 31.5 Å². The van der Waals surface area contributed by atoms with E-state index >= 15 is 0 Å². The SMILES string of the molecule is CCOC(=O)COc1c(C(=O)OC(C)(C)C)sc(-c2cccc(N)c2F)c1Cl. The molecule has 6 nitrogen and oxygen atoms in total. The van der Waals surface area contributed by atoms with Crippen LogP contribution in [0.3, 0.4) is 0 Å². The maximum atomic E-state index is 14.5. The predicted octanol–water partition coefficient (Wildman–Crippen LogP) is 4.69. The fourth-order valence-electron chi connectivity index (χ4n) is 2.22. The molecular formula is C19H21ClFNO5S. The Morgan fingerprint density at radius 3 is 2.57 bits per heavy atom. The van der Waals surface area contributed by atoms with E-state index in [1.807, 2.05) is 0 Å². The molecule has 0 bridgehead atoms. The molecule has 0 aliphatic heterocycles. The molecule has 0 aliphatic carbocycles. The van der Waals surface area contributed by atoms with Crippen molar-refractivity contribution in [1.82, 2.24) is 0 Å². The largest absolute Gasteiger partial charge is 0.479 e. The number of thiophene rings is 1. The van der Waals surface area contributed by atoms with E-state index in [2.05, 4.69) is 0 Å². The molecule has 1 aromatic heterocycles. The Kier molecular flexibility index (Phi) is 6.90. The molecule has 0 atom stereocenters. The quantitative estimate of drug-likeness (QED) is 0.529. The molecule has 0 amide bonds. The van der Waals surface area contributed by atoms with Gasteiger partial charge in [-0.15, -0.1) is 11.3 Å². The highest BCUT2D eigenvalue weighted by Crippen LogP contribution is 2.47. The third-order valence-electron chi connectivity index (χ3n) is 3.31. The first-order valence-corrected chi connectivity index (χ1v) is 9.63. The lowest BCUT2D eigenvalue weighted by Crippen LogP contribution is -2.24. The van der Waals surface area contributed by atoms with Crippen LogP contribution in [0.25, 0.3) is 10.4 Å². The van der Waals surface area contributed by atoms with E-state index in [1.165, 1.54) is 12.1 Å². The lowest BCUT2D eigenvalue weighted by molar-refractivity contribution is -0.145. The van der Waals surface area contributed by atoms with Crippen LogP contribution in [0, 0.1) is 5.82 Å². The molecule has 0 unspecified atom stereocenters. The summed E-state index contributed by atoms with van der Waals surface area (Å²) in [6.07, 6.45) is 0. The van der Waals surface area contributed by atoms with Crippen LogP contribution in [0.4, 0.5) is 10.1 Å². The number of nitrogens with two attached hydrogens (primary N) is 1. The topological polar surface area (TPSA) is 87.8 Å². The maximum absolute atomic E-state index is 14.5. The number of nitrogen functional groups attached to an aromatic ring is 1. The summed E-state index contributed by atoms with van der Waals surface area (Å²) in [7, 11) is 0. The Morgan fingerprint density at radius 2 is 1.96 bits per heavy atom. The van der Waals surface area contributed by atoms with Gasteiger partial charge in [0.05, 0.1) is 17.2 Å². The summed E-state index contributed by atoms with van der Waals surface area (Å²) in [5.74, 6) is -2.06. The van der Waals surface area contributed by atoms with Gasteiger partial charge < -0.3 is 19.9 Å². The molecule has 2 aromatic rings. The van der Waals surface area contributed by atoms with E-state index < -0.39 is 30.0 Å². The summed E-state index contributed by atoms with van der Waals surface area (Å²) in [4.78, 5) is 24.5. The van der Waals surface area contributed by atoms with E-state index in [-0.39, 0.29) is 38.4 Å². The summed E-state index contributed by atoms with van der Waals surface area (Å²) < 4.78 is 30.1. The van der Waals surface area contributed by atoms with Crippen molar-refractivity contribution in [2.45, 2.75) is 33.3 Å². The first-order chi connectivity index (χ1) is 13.0. The fraction of sp³-hybridized carbons (Fsp3) is 0.368. The molecule has 1 aromatic carbocycles. The van der Waals surface area contributed by atoms with Gasteiger partial charge in [-0.25, -0.2) is 14.0 Å². The molecule has 2 N–H and O–H groups in total. The molecule has 0 radical (unpaired) electrons. The van der Waals surface area contributed by atoms with Crippen molar-refractivity contribution >= 4 is 40.6 Å². The van der Waals surface area contributed by atoms with Crippen LogP contribution < -0.4 is 10.5 Å². The molecule has 0 aliphatic rings. The number of hydrogen-bond acceptors (Lipinski definition) is 7. The van der Waals surface area contributed by atoms with Crippen LogP contribution >= 0.6 is 22.9 Å². The van der Waals surface area contributed by atoms with Crippen molar-refractivity contribution in [1.29, 1.82) is 0 Å². The Balaban J connectivity index is 2.51. The van der Waals surface area contributed by atoms with Gasteiger partial charge in [0.2, 0.25) is 0 Å². The molecule has 0 saturated carbocycles. The van der Waals surface area contributed by atoms with E-state index in [9.17, 15) is 14.0 Å². The highest BCUT2D eigenvalue weighted by molar-refractivity contribution is 7.18. The molecule has 0 spiro atoms. The number of carbonyl (C=O) groups excluding carboxylic acids is 2. The summed E-state index contributed by atoms with van der Waals surface area (Å²) in [5.41, 5.74) is 4.92. The van der Waals surface area contributed by atoms with Gasteiger partial charge in [0.15, 0.2) is 23.1 Å². The van der Waals surface area contributed by atoms with Gasteiger partial charge in [-0.2, -0.15) is 0 Å². The van der Waals surface area contributed by atoms with E-state index in [1.54, 1.807) is 33.8 Å². The van der Waals surface area contributed by atoms with Crippen LogP contribution in [0.5, 0.6) is 5.75 Å². The van der Waals surface area contributed by atoms with Gasteiger partial charge in [0, 0.05) is 5.56 Å². The number of ether oxygens (including phenoxy) is 3. The molecule has 0 fully saturated rings. The van der Waals surface area contributed by atoms with E-state index in [0.29, 0.717) is 0 Å². The normalized spacial score (nSPS) is 11.2. The second kappa shape index (κ2) is 8.79. The molecule has 1 heterocycles. The van der Waals surface area contributed by atoms with Gasteiger partial charge in [-0.1, -0.05) is 23.7 Å². The predicted molar refractivity (Wildman–Crippen MR) is 106 cm³/mol. The first kappa shape index (κ1) is 22.0. The van der Waals surface area contributed by atoms with Crippen LogP contribution in [0.15, 0.2) is 18.2 Å². The smallest absolute Gasteiger partial charge is 0.352 e. The Bertz CT molecular complexity index is 891. The average Bonchev–Trinajstić information content (AvgIpc) is 2.91. The second-order valence-corrected chi connectivity index (χ2v) is 8.11. The summed E-state index contributed by atoms with van der Waals surface area (Å²) in [5, 5.41) is -0.0142. The number of halogens is 2. The highest BCUT2D eigenvalue weighted by atomic mass is 35.5. The van der Waals surface area contributed by atoms with Crippen molar-refractivity contribution in [3.63, 3.8) is 0 Å². The Labute approximate surface area is 171 Å². The minimum absolute atomic E-state index is 0.0142. The van der Waals surface area contributed by atoms with Crippen LogP contribution in [0.1, 0.15) is 37.4 Å².